The van der Waals surface area contributed by atoms with Crippen LogP contribution in [0.15, 0.2) is 53.8 Å². The van der Waals surface area contributed by atoms with Crippen LogP contribution in [0.1, 0.15) is 18.9 Å². The summed E-state index contributed by atoms with van der Waals surface area (Å²) in [6.07, 6.45) is 3.98. The number of nitrogens with zero attached hydrogens (tertiary/aromatic N) is 3. The molecular formula is C21H17F2N5OS. The lowest BCUT2D eigenvalue weighted by Gasteiger charge is -2.09. The third-order valence-electron chi connectivity index (χ3n) is 4.94. The Hall–Kier alpha value is -3.20. The van der Waals surface area contributed by atoms with Crippen LogP contribution in [0.5, 0.6) is 0 Å². The highest BCUT2D eigenvalue weighted by Crippen LogP contribution is 2.42. The van der Waals surface area contributed by atoms with E-state index in [4.69, 9.17) is 0 Å². The van der Waals surface area contributed by atoms with Crippen molar-refractivity contribution in [1.82, 2.24) is 19.7 Å². The standard InChI is InChI=1S/C21H17F2N5OS/c22-12-5-8-16(23)18(9-12)25-19(29)11-30-21-27-26-20(28(21)13-6-7-13)15-10-24-17-4-2-1-3-14(15)17/h1-5,8-10,13,24H,6-7,11H2,(H,25,29). The largest absolute Gasteiger partial charge is 0.360 e. The van der Waals surface area contributed by atoms with Gasteiger partial charge in [0, 0.05) is 34.8 Å². The van der Waals surface area contributed by atoms with Crippen LogP contribution >= 0.6 is 11.8 Å². The molecule has 0 atom stereocenters. The summed E-state index contributed by atoms with van der Waals surface area (Å²) in [4.78, 5) is 15.5. The van der Waals surface area contributed by atoms with Crippen LogP contribution in [0.25, 0.3) is 22.3 Å². The van der Waals surface area contributed by atoms with Gasteiger partial charge in [0.25, 0.3) is 0 Å². The lowest BCUT2D eigenvalue weighted by atomic mass is 10.1. The highest BCUT2D eigenvalue weighted by atomic mass is 32.2. The normalized spacial score (nSPS) is 13.7. The summed E-state index contributed by atoms with van der Waals surface area (Å²) in [6.45, 7) is 0. The molecule has 0 radical (unpaired) electrons. The van der Waals surface area contributed by atoms with E-state index in [1.165, 1.54) is 11.8 Å². The maximum Gasteiger partial charge on any atom is 0.234 e. The van der Waals surface area contributed by atoms with Gasteiger partial charge < -0.3 is 10.3 Å². The number of carbonyl (C=O) groups excluding carboxylic acids is 1. The first-order valence-electron chi connectivity index (χ1n) is 9.49. The number of H-pyrrole nitrogens is 1. The maximum atomic E-state index is 13.7. The third kappa shape index (κ3) is 3.56. The van der Waals surface area contributed by atoms with Gasteiger partial charge in [0.2, 0.25) is 5.91 Å². The van der Waals surface area contributed by atoms with Gasteiger partial charge in [-0.05, 0) is 31.0 Å². The smallest absolute Gasteiger partial charge is 0.234 e. The molecule has 6 nitrogen and oxygen atoms in total. The maximum absolute atomic E-state index is 13.7. The van der Waals surface area contributed by atoms with E-state index in [2.05, 4.69) is 25.1 Å². The second-order valence-electron chi connectivity index (χ2n) is 7.12. The molecule has 4 aromatic rings. The molecule has 30 heavy (non-hydrogen) atoms. The van der Waals surface area contributed by atoms with Crippen molar-refractivity contribution >= 4 is 34.3 Å². The zero-order valence-electron chi connectivity index (χ0n) is 15.7. The van der Waals surface area contributed by atoms with Crippen molar-refractivity contribution in [3.05, 3.63) is 60.3 Å². The van der Waals surface area contributed by atoms with E-state index in [0.29, 0.717) is 11.2 Å². The number of halogens is 2. The predicted octanol–water partition coefficient (Wildman–Crippen LogP) is 4.77. The molecule has 1 aliphatic carbocycles. The van der Waals surface area contributed by atoms with Crippen LogP contribution in [0.4, 0.5) is 14.5 Å². The molecule has 152 valence electrons. The van der Waals surface area contributed by atoms with Gasteiger partial charge in [0.05, 0.1) is 11.4 Å². The Morgan fingerprint density at radius 3 is 2.87 bits per heavy atom. The Morgan fingerprint density at radius 1 is 1.20 bits per heavy atom. The van der Waals surface area contributed by atoms with E-state index in [9.17, 15) is 13.6 Å². The Morgan fingerprint density at radius 2 is 2.03 bits per heavy atom. The number of nitrogens with one attached hydrogen (secondary N) is 2. The molecule has 2 N–H and O–H groups in total. The van der Waals surface area contributed by atoms with Crippen LogP contribution < -0.4 is 5.32 Å². The van der Waals surface area contributed by atoms with Crippen LogP contribution in [0.3, 0.4) is 0 Å². The Bertz CT molecular complexity index is 1250. The van der Waals surface area contributed by atoms with Crippen LogP contribution in [0.2, 0.25) is 0 Å². The summed E-state index contributed by atoms with van der Waals surface area (Å²) in [5, 5.41) is 12.8. The Labute approximate surface area is 174 Å². The number of thioether (sulfide) groups is 1. The quantitative estimate of drug-likeness (QED) is 0.437. The van der Waals surface area contributed by atoms with Crippen molar-refractivity contribution in [1.29, 1.82) is 0 Å². The molecule has 0 bridgehead atoms. The molecule has 1 fully saturated rings. The zero-order chi connectivity index (χ0) is 20.7. The molecular weight excluding hydrogens is 408 g/mol. The fourth-order valence-corrected chi connectivity index (χ4v) is 4.19. The average molecular weight is 425 g/mol. The predicted molar refractivity (Wildman–Crippen MR) is 111 cm³/mol. The van der Waals surface area contributed by atoms with Gasteiger partial charge in [-0.15, -0.1) is 10.2 Å². The molecule has 9 heteroatoms. The lowest BCUT2D eigenvalue weighted by Crippen LogP contribution is -2.15. The number of anilines is 1. The molecule has 0 unspecified atom stereocenters. The number of hydrogen-bond acceptors (Lipinski definition) is 4. The Kier molecular flexibility index (Phi) is 4.74. The van der Waals surface area contributed by atoms with E-state index < -0.39 is 17.5 Å². The molecule has 2 aromatic heterocycles. The molecule has 1 saturated carbocycles. The van der Waals surface area contributed by atoms with Crippen LogP contribution in [-0.4, -0.2) is 31.4 Å². The van der Waals surface area contributed by atoms with Crippen molar-refractivity contribution < 1.29 is 13.6 Å². The van der Waals surface area contributed by atoms with Gasteiger partial charge >= 0.3 is 0 Å². The van der Waals surface area contributed by atoms with Crippen molar-refractivity contribution in [3.63, 3.8) is 0 Å². The molecule has 0 aliphatic heterocycles. The minimum absolute atomic E-state index is 0.00862. The first kappa shape index (κ1) is 18.8. The highest BCUT2D eigenvalue weighted by Gasteiger charge is 2.31. The summed E-state index contributed by atoms with van der Waals surface area (Å²) in [5.41, 5.74) is 1.80. The van der Waals surface area contributed by atoms with E-state index in [1.54, 1.807) is 0 Å². The van der Waals surface area contributed by atoms with Crippen LogP contribution in [0, 0.1) is 11.6 Å². The molecule has 0 spiro atoms. The molecule has 2 heterocycles. The van der Waals surface area contributed by atoms with Gasteiger partial charge in [-0.25, -0.2) is 8.78 Å². The van der Waals surface area contributed by atoms with Crippen molar-refractivity contribution in [2.24, 2.45) is 0 Å². The fraction of sp³-hybridized carbons (Fsp3) is 0.190. The topological polar surface area (TPSA) is 75.6 Å². The number of benzene rings is 2. The first-order valence-corrected chi connectivity index (χ1v) is 10.5. The van der Waals surface area contributed by atoms with E-state index in [-0.39, 0.29) is 11.4 Å². The van der Waals surface area contributed by atoms with E-state index >= 15 is 0 Å². The van der Waals surface area contributed by atoms with Crippen molar-refractivity contribution in [2.75, 3.05) is 11.1 Å². The minimum Gasteiger partial charge on any atom is -0.360 e. The second-order valence-corrected chi connectivity index (χ2v) is 8.06. The van der Waals surface area contributed by atoms with Gasteiger partial charge in [-0.3, -0.25) is 9.36 Å². The summed E-state index contributed by atoms with van der Waals surface area (Å²) < 4.78 is 29.1. The number of para-hydroxylation sites is 1. The van der Waals surface area contributed by atoms with E-state index in [0.717, 1.165) is 53.3 Å². The van der Waals surface area contributed by atoms with Crippen molar-refractivity contribution in [2.45, 2.75) is 24.0 Å². The SMILES string of the molecule is O=C(CSc1nnc(-c2c[nH]c3ccccc23)n1C1CC1)Nc1cc(F)ccc1F. The first-order chi connectivity index (χ1) is 14.6. The van der Waals surface area contributed by atoms with E-state index in [1.807, 2.05) is 30.5 Å². The summed E-state index contributed by atoms with van der Waals surface area (Å²) >= 11 is 1.23. The molecule has 1 aliphatic rings. The molecule has 0 saturated heterocycles. The Balaban J connectivity index is 1.37. The van der Waals surface area contributed by atoms with Gasteiger partial charge in [0.1, 0.15) is 11.6 Å². The highest BCUT2D eigenvalue weighted by molar-refractivity contribution is 7.99. The second kappa shape index (κ2) is 7.56. The van der Waals surface area contributed by atoms with Gasteiger partial charge in [-0.2, -0.15) is 0 Å². The number of aromatic amines is 1. The van der Waals surface area contributed by atoms with Crippen molar-refractivity contribution in [3.8, 4) is 11.4 Å². The van der Waals surface area contributed by atoms with Crippen LogP contribution in [-0.2, 0) is 4.79 Å². The monoisotopic (exact) mass is 425 g/mol. The summed E-state index contributed by atoms with van der Waals surface area (Å²) in [7, 11) is 0. The number of rotatable bonds is 6. The number of aromatic nitrogens is 4. The molecule has 2 aromatic carbocycles. The zero-order valence-corrected chi connectivity index (χ0v) is 16.5. The summed E-state index contributed by atoms with van der Waals surface area (Å²) in [6, 6.07) is 11.2. The van der Waals surface area contributed by atoms with Gasteiger partial charge in [0.15, 0.2) is 11.0 Å². The number of fused-ring (bicyclic) bond motifs is 1. The number of carbonyl (C=O) groups is 1. The molecule has 5 rings (SSSR count). The number of hydrogen-bond donors (Lipinski definition) is 2. The minimum atomic E-state index is -0.683. The lowest BCUT2D eigenvalue weighted by molar-refractivity contribution is -0.113. The fourth-order valence-electron chi connectivity index (χ4n) is 3.39. The van der Waals surface area contributed by atoms with Gasteiger partial charge in [-0.1, -0.05) is 30.0 Å². The third-order valence-corrected chi connectivity index (χ3v) is 5.88. The summed E-state index contributed by atoms with van der Waals surface area (Å²) in [5.74, 6) is -0.972. The molecule has 1 amide bonds. The average Bonchev–Trinajstić information content (AvgIpc) is 3.35. The number of amides is 1.